The molecule has 8 heteroatoms. The molecule has 3 atom stereocenters. The minimum absolute atomic E-state index is 0.00215. The Balaban J connectivity index is 1.88. The number of carbonyl (C=O) groups excluding carboxylic acids is 2. The highest BCUT2D eigenvalue weighted by atomic mass is 19.1. The molecular formula is C24H23FN2O5. The van der Waals surface area contributed by atoms with Gasteiger partial charge in [0.15, 0.2) is 5.41 Å². The summed E-state index contributed by atoms with van der Waals surface area (Å²) in [5.41, 5.74) is -2.37. The van der Waals surface area contributed by atoms with Gasteiger partial charge in [-0.25, -0.2) is 4.79 Å². The van der Waals surface area contributed by atoms with Gasteiger partial charge in [0.2, 0.25) is 5.83 Å². The van der Waals surface area contributed by atoms with Gasteiger partial charge in [0.05, 0.1) is 12.7 Å². The van der Waals surface area contributed by atoms with Crippen molar-refractivity contribution in [2.45, 2.75) is 27.1 Å². The Bertz CT molecular complexity index is 1050. The second kappa shape index (κ2) is 9.18. The van der Waals surface area contributed by atoms with Crippen molar-refractivity contribution >= 4 is 11.9 Å². The van der Waals surface area contributed by atoms with Gasteiger partial charge in [-0.2, -0.15) is 9.65 Å². The summed E-state index contributed by atoms with van der Waals surface area (Å²) in [4.78, 5) is 29.1. The maximum Gasteiger partial charge on any atom is 0.366 e. The van der Waals surface area contributed by atoms with Crippen LogP contribution >= 0.6 is 0 Å². The summed E-state index contributed by atoms with van der Waals surface area (Å²) in [5, 5.41) is 9.89. The molecule has 0 amide bonds. The lowest BCUT2D eigenvalue weighted by Gasteiger charge is -2.21. The van der Waals surface area contributed by atoms with Crippen molar-refractivity contribution in [2.24, 2.45) is 16.7 Å². The van der Waals surface area contributed by atoms with Crippen LogP contribution in [-0.4, -0.2) is 23.5 Å². The zero-order valence-corrected chi connectivity index (χ0v) is 17.9. The first-order valence-corrected chi connectivity index (χ1v) is 10.1. The third kappa shape index (κ3) is 4.19. The maximum atomic E-state index is 14.3. The SMILES string of the molecule is CCOC(=O)C(F)=C[C@@H]1C(C)(C)[C@]1(C#N)C(=O)O[C@@H](Oc1ccccc1)c1ccccn1. The number of aromatic nitrogens is 1. The number of nitrogens with zero attached hydrogens (tertiary/aromatic N) is 2. The largest absolute Gasteiger partial charge is 0.461 e. The van der Waals surface area contributed by atoms with E-state index in [1.54, 1.807) is 69.3 Å². The number of halogens is 1. The van der Waals surface area contributed by atoms with Crippen LogP contribution in [0.1, 0.15) is 32.8 Å². The van der Waals surface area contributed by atoms with Gasteiger partial charge >= 0.3 is 11.9 Å². The summed E-state index contributed by atoms with van der Waals surface area (Å²) in [6.45, 7) is 4.81. The molecule has 0 bridgehead atoms. The quantitative estimate of drug-likeness (QED) is 0.344. The van der Waals surface area contributed by atoms with Gasteiger partial charge in [-0.3, -0.25) is 9.78 Å². The Morgan fingerprint density at radius 3 is 2.50 bits per heavy atom. The number of nitriles is 1. The van der Waals surface area contributed by atoms with Crippen LogP contribution < -0.4 is 4.74 Å². The Kier molecular flexibility index (Phi) is 6.58. The molecule has 1 aromatic carbocycles. The maximum absolute atomic E-state index is 14.3. The van der Waals surface area contributed by atoms with Crippen LogP contribution in [0.3, 0.4) is 0 Å². The molecular weight excluding hydrogens is 415 g/mol. The smallest absolute Gasteiger partial charge is 0.366 e. The Labute approximate surface area is 185 Å². The van der Waals surface area contributed by atoms with E-state index in [0.29, 0.717) is 11.4 Å². The fraction of sp³-hybridized carbons (Fsp3) is 0.333. The second-order valence-electron chi connectivity index (χ2n) is 7.78. The van der Waals surface area contributed by atoms with E-state index in [-0.39, 0.29) is 6.61 Å². The van der Waals surface area contributed by atoms with Crippen molar-refractivity contribution < 1.29 is 28.2 Å². The first-order valence-electron chi connectivity index (χ1n) is 10.1. The number of rotatable bonds is 8. The molecule has 1 aliphatic carbocycles. The van der Waals surface area contributed by atoms with E-state index in [4.69, 9.17) is 9.47 Å². The highest BCUT2D eigenvalue weighted by molar-refractivity contribution is 5.89. The van der Waals surface area contributed by atoms with Crippen molar-refractivity contribution in [3.8, 4) is 11.8 Å². The van der Waals surface area contributed by atoms with E-state index >= 15 is 0 Å². The number of ether oxygens (including phenoxy) is 3. The first kappa shape index (κ1) is 22.9. The monoisotopic (exact) mass is 438 g/mol. The highest BCUT2D eigenvalue weighted by Crippen LogP contribution is 2.70. The van der Waals surface area contributed by atoms with Crippen LogP contribution in [-0.2, 0) is 19.1 Å². The van der Waals surface area contributed by atoms with E-state index in [1.165, 1.54) is 6.20 Å². The van der Waals surface area contributed by atoms with Gasteiger partial charge in [0.25, 0.3) is 6.29 Å². The van der Waals surface area contributed by atoms with Gasteiger partial charge in [-0.15, -0.1) is 0 Å². The molecule has 1 heterocycles. The summed E-state index contributed by atoms with van der Waals surface area (Å²) in [7, 11) is 0. The summed E-state index contributed by atoms with van der Waals surface area (Å²) in [6.07, 6.45) is 1.25. The molecule has 1 aromatic heterocycles. The number of hydrogen-bond donors (Lipinski definition) is 0. The third-order valence-corrected chi connectivity index (χ3v) is 5.59. The van der Waals surface area contributed by atoms with Crippen LogP contribution in [0, 0.1) is 28.1 Å². The van der Waals surface area contributed by atoms with Crippen molar-refractivity contribution in [1.29, 1.82) is 5.26 Å². The van der Waals surface area contributed by atoms with E-state index in [2.05, 4.69) is 9.72 Å². The van der Waals surface area contributed by atoms with Crippen LogP contribution in [0.2, 0.25) is 0 Å². The Hall–Kier alpha value is -3.73. The van der Waals surface area contributed by atoms with E-state index < -0.39 is 40.8 Å². The molecule has 0 spiro atoms. The predicted molar refractivity (Wildman–Crippen MR) is 111 cm³/mol. The van der Waals surface area contributed by atoms with Gasteiger partial charge in [0.1, 0.15) is 11.4 Å². The minimum Gasteiger partial charge on any atom is -0.461 e. The van der Waals surface area contributed by atoms with Crippen molar-refractivity contribution in [1.82, 2.24) is 4.98 Å². The molecule has 0 N–H and O–H groups in total. The number of hydrogen-bond acceptors (Lipinski definition) is 7. The second-order valence-corrected chi connectivity index (χ2v) is 7.78. The zero-order valence-electron chi connectivity index (χ0n) is 17.9. The van der Waals surface area contributed by atoms with Crippen LogP contribution in [0.4, 0.5) is 4.39 Å². The number of esters is 2. The third-order valence-electron chi connectivity index (χ3n) is 5.59. The van der Waals surface area contributed by atoms with Gasteiger partial charge in [0, 0.05) is 17.5 Å². The lowest BCUT2D eigenvalue weighted by Crippen LogP contribution is -2.27. The Morgan fingerprint density at radius 1 is 1.22 bits per heavy atom. The normalized spacial score (nSPS) is 22.2. The topological polar surface area (TPSA) is 98.5 Å². The summed E-state index contributed by atoms with van der Waals surface area (Å²) >= 11 is 0. The number of benzene rings is 1. The van der Waals surface area contributed by atoms with E-state index in [1.807, 2.05) is 6.07 Å². The minimum atomic E-state index is -1.70. The number of carbonyl (C=O) groups is 2. The van der Waals surface area contributed by atoms with Gasteiger partial charge in [-0.1, -0.05) is 38.1 Å². The van der Waals surface area contributed by atoms with Crippen LogP contribution in [0.15, 0.2) is 66.6 Å². The fourth-order valence-corrected chi connectivity index (χ4v) is 3.67. The molecule has 32 heavy (non-hydrogen) atoms. The molecule has 0 unspecified atom stereocenters. The number of allylic oxidation sites excluding steroid dienone is 1. The van der Waals surface area contributed by atoms with Crippen LogP contribution in [0.25, 0.3) is 0 Å². The molecule has 7 nitrogen and oxygen atoms in total. The molecule has 0 aliphatic heterocycles. The van der Waals surface area contributed by atoms with E-state index in [9.17, 15) is 19.2 Å². The molecule has 1 aliphatic rings. The fourth-order valence-electron chi connectivity index (χ4n) is 3.67. The zero-order chi connectivity index (χ0) is 23.4. The predicted octanol–water partition coefficient (Wildman–Crippen LogP) is 4.28. The molecule has 3 rings (SSSR count). The highest BCUT2D eigenvalue weighted by Gasteiger charge is 2.77. The number of pyridine rings is 1. The summed E-state index contributed by atoms with van der Waals surface area (Å²) in [5.74, 6) is -3.65. The van der Waals surface area contributed by atoms with Crippen molar-refractivity contribution in [3.63, 3.8) is 0 Å². The molecule has 166 valence electrons. The molecule has 1 saturated carbocycles. The average Bonchev–Trinajstić information content (AvgIpc) is 3.28. The van der Waals surface area contributed by atoms with Gasteiger partial charge < -0.3 is 14.2 Å². The van der Waals surface area contributed by atoms with Crippen LogP contribution in [0.5, 0.6) is 5.75 Å². The first-order chi connectivity index (χ1) is 15.3. The average molecular weight is 438 g/mol. The van der Waals surface area contributed by atoms with Gasteiger partial charge in [-0.05, 0) is 37.3 Å². The van der Waals surface area contributed by atoms with E-state index in [0.717, 1.165) is 6.08 Å². The summed E-state index contributed by atoms with van der Waals surface area (Å²) < 4.78 is 30.3. The molecule has 0 radical (unpaired) electrons. The molecule has 0 saturated heterocycles. The summed E-state index contributed by atoms with van der Waals surface area (Å²) in [6, 6.07) is 15.7. The Morgan fingerprint density at radius 2 is 1.91 bits per heavy atom. The van der Waals surface area contributed by atoms with Crippen molar-refractivity contribution in [3.05, 3.63) is 72.3 Å². The lowest BCUT2D eigenvalue weighted by molar-refractivity contribution is -0.171. The lowest BCUT2D eigenvalue weighted by atomic mass is 9.98. The van der Waals surface area contributed by atoms with Crippen molar-refractivity contribution in [2.75, 3.05) is 6.61 Å². The molecule has 2 aromatic rings. The molecule has 1 fully saturated rings. The number of para-hydroxylation sites is 1. The standard InChI is InChI=1S/C24H23FN2O5/c1-4-30-20(28)17(25)14-19-23(2,3)24(19,15-26)22(29)32-21(18-12-8-9-13-27-18)31-16-10-6-5-7-11-16/h5-14,19,21H,4H2,1-3H3/t19-,21-,24+/m1/s1.